The SMILES string of the molecule is O=C(NCCn1ncc2ccccc2c1=O)N1CCN2C(=O)OC[C@H]2C1. The predicted octanol–water partition coefficient (Wildman–Crippen LogP) is 0.243. The van der Waals surface area contributed by atoms with E-state index in [9.17, 15) is 14.4 Å². The Balaban J connectivity index is 1.34. The molecule has 2 aromatic rings. The van der Waals surface area contributed by atoms with Crippen LogP contribution in [0, 0.1) is 0 Å². The zero-order chi connectivity index (χ0) is 18.1. The highest BCUT2D eigenvalue weighted by Crippen LogP contribution is 2.17. The molecule has 1 aromatic carbocycles. The second kappa shape index (κ2) is 6.66. The maximum absolute atomic E-state index is 12.4. The number of benzene rings is 1. The molecule has 4 rings (SSSR count). The van der Waals surface area contributed by atoms with Crippen LogP contribution in [0.1, 0.15) is 0 Å². The van der Waals surface area contributed by atoms with Crippen LogP contribution in [0.5, 0.6) is 0 Å². The first-order chi connectivity index (χ1) is 12.6. The van der Waals surface area contributed by atoms with E-state index in [4.69, 9.17) is 4.74 Å². The topological polar surface area (TPSA) is 96.8 Å². The molecule has 2 aliphatic heterocycles. The summed E-state index contributed by atoms with van der Waals surface area (Å²) < 4.78 is 6.35. The fraction of sp³-hybridized carbons (Fsp3) is 0.412. The Morgan fingerprint density at radius 2 is 2.12 bits per heavy atom. The summed E-state index contributed by atoms with van der Waals surface area (Å²) in [5.41, 5.74) is -0.174. The second-order valence-electron chi connectivity index (χ2n) is 6.36. The van der Waals surface area contributed by atoms with Gasteiger partial charge in [0.15, 0.2) is 0 Å². The van der Waals surface area contributed by atoms with Crippen LogP contribution in [0.25, 0.3) is 10.8 Å². The quantitative estimate of drug-likeness (QED) is 0.849. The maximum Gasteiger partial charge on any atom is 0.410 e. The summed E-state index contributed by atoms with van der Waals surface area (Å²) in [6.07, 6.45) is 1.34. The molecule has 3 heterocycles. The molecule has 9 heteroatoms. The number of nitrogens with one attached hydrogen (secondary N) is 1. The van der Waals surface area contributed by atoms with Gasteiger partial charge in [0.05, 0.1) is 24.2 Å². The molecule has 3 amide bonds. The molecular formula is C17H19N5O4. The highest BCUT2D eigenvalue weighted by Gasteiger charge is 2.38. The van der Waals surface area contributed by atoms with E-state index in [1.54, 1.807) is 22.1 Å². The van der Waals surface area contributed by atoms with Crippen molar-refractivity contribution in [3.05, 3.63) is 40.8 Å². The molecule has 2 saturated heterocycles. The van der Waals surface area contributed by atoms with Crippen LogP contribution < -0.4 is 10.9 Å². The average molecular weight is 357 g/mol. The molecule has 0 unspecified atom stereocenters. The van der Waals surface area contributed by atoms with Gasteiger partial charge in [-0.3, -0.25) is 9.69 Å². The number of ether oxygens (including phenoxy) is 1. The molecule has 0 saturated carbocycles. The van der Waals surface area contributed by atoms with Gasteiger partial charge in [0.2, 0.25) is 0 Å². The van der Waals surface area contributed by atoms with Gasteiger partial charge < -0.3 is 15.0 Å². The predicted molar refractivity (Wildman–Crippen MR) is 92.8 cm³/mol. The first-order valence-corrected chi connectivity index (χ1v) is 8.54. The summed E-state index contributed by atoms with van der Waals surface area (Å²) in [5.74, 6) is 0. The third-order valence-corrected chi connectivity index (χ3v) is 4.77. The molecule has 2 fully saturated rings. The zero-order valence-electron chi connectivity index (χ0n) is 14.1. The number of piperazine rings is 1. The van der Waals surface area contributed by atoms with Gasteiger partial charge in [-0.15, -0.1) is 0 Å². The number of fused-ring (bicyclic) bond motifs is 2. The Bertz CT molecular complexity index is 911. The number of amides is 3. The molecular weight excluding hydrogens is 338 g/mol. The van der Waals surface area contributed by atoms with Crippen LogP contribution in [-0.4, -0.2) is 70.5 Å². The van der Waals surface area contributed by atoms with Gasteiger partial charge in [-0.25, -0.2) is 14.3 Å². The van der Waals surface area contributed by atoms with Crippen LogP contribution in [-0.2, 0) is 11.3 Å². The first kappa shape index (κ1) is 16.4. The summed E-state index contributed by atoms with van der Waals surface area (Å²) in [7, 11) is 0. The molecule has 136 valence electrons. The van der Waals surface area contributed by atoms with E-state index < -0.39 is 0 Å². The van der Waals surface area contributed by atoms with Crippen LogP contribution in [0.3, 0.4) is 0 Å². The number of nitrogens with zero attached hydrogens (tertiary/aromatic N) is 4. The summed E-state index contributed by atoms with van der Waals surface area (Å²) in [5, 5.41) is 8.36. The van der Waals surface area contributed by atoms with Crippen molar-refractivity contribution in [1.82, 2.24) is 24.9 Å². The number of hydrogen-bond acceptors (Lipinski definition) is 5. The molecule has 1 atom stereocenters. The molecule has 0 spiro atoms. The fourth-order valence-electron chi connectivity index (χ4n) is 3.34. The van der Waals surface area contributed by atoms with E-state index in [1.165, 1.54) is 4.68 Å². The third-order valence-electron chi connectivity index (χ3n) is 4.77. The average Bonchev–Trinajstić information content (AvgIpc) is 3.04. The third kappa shape index (κ3) is 2.96. The Morgan fingerprint density at radius 1 is 1.27 bits per heavy atom. The van der Waals surface area contributed by atoms with Crippen molar-refractivity contribution >= 4 is 22.9 Å². The Morgan fingerprint density at radius 3 is 3.00 bits per heavy atom. The number of carbonyl (C=O) groups excluding carboxylic acids is 2. The maximum atomic E-state index is 12.4. The van der Waals surface area contributed by atoms with Crippen molar-refractivity contribution in [1.29, 1.82) is 0 Å². The van der Waals surface area contributed by atoms with Crippen LogP contribution in [0.15, 0.2) is 35.3 Å². The van der Waals surface area contributed by atoms with Gasteiger partial charge >= 0.3 is 12.1 Å². The standard InChI is InChI=1S/C17H19N5O4/c23-15-14-4-2-1-3-12(14)9-19-22(15)6-5-18-16(24)20-7-8-21-13(10-20)11-26-17(21)25/h1-4,9,13H,5-8,10-11H2,(H,18,24)/t13-/m1/s1. The van der Waals surface area contributed by atoms with E-state index in [1.807, 2.05) is 18.2 Å². The van der Waals surface area contributed by atoms with Crippen molar-refractivity contribution in [3.63, 3.8) is 0 Å². The summed E-state index contributed by atoms with van der Waals surface area (Å²) in [6, 6.07) is 6.99. The lowest BCUT2D eigenvalue weighted by molar-refractivity contribution is 0.127. The monoisotopic (exact) mass is 357 g/mol. The summed E-state index contributed by atoms with van der Waals surface area (Å²) in [6.45, 7) is 2.30. The van der Waals surface area contributed by atoms with Crippen molar-refractivity contribution < 1.29 is 14.3 Å². The van der Waals surface area contributed by atoms with E-state index in [0.29, 0.717) is 44.7 Å². The van der Waals surface area contributed by atoms with Gasteiger partial charge in [-0.1, -0.05) is 18.2 Å². The molecule has 0 aliphatic carbocycles. The van der Waals surface area contributed by atoms with Crippen LogP contribution in [0.2, 0.25) is 0 Å². The minimum atomic E-state index is -0.309. The van der Waals surface area contributed by atoms with E-state index in [-0.39, 0.29) is 23.7 Å². The summed E-state index contributed by atoms with van der Waals surface area (Å²) >= 11 is 0. The number of urea groups is 1. The first-order valence-electron chi connectivity index (χ1n) is 8.54. The minimum Gasteiger partial charge on any atom is -0.447 e. The normalized spacial score (nSPS) is 19.4. The van der Waals surface area contributed by atoms with Crippen LogP contribution in [0.4, 0.5) is 9.59 Å². The molecule has 1 aromatic heterocycles. The number of rotatable bonds is 3. The van der Waals surface area contributed by atoms with Gasteiger partial charge in [-0.2, -0.15) is 5.10 Å². The van der Waals surface area contributed by atoms with Gasteiger partial charge in [0, 0.05) is 31.6 Å². The zero-order valence-corrected chi connectivity index (χ0v) is 14.1. The number of carbonyl (C=O) groups is 2. The minimum absolute atomic E-state index is 0.0771. The Kier molecular flexibility index (Phi) is 4.19. The molecule has 26 heavy (non-hydrogen) atoms. The molecule has 0 radical (unpaired) electrons. The van der Waals surface area contributed by atoms with Crippen molar-refractivity contribution in [3.8, 4) is 0 Å². The van der Waals surface area contributed by atoms with Crippen LogP contribution >= 0.6 is 0 Å². The van der Waals surface area contributed by atoms with Crippen molar-refractivity contribution in [2.24, 2.45) is 0 Å². The molecule has 0 bridgehead atoms. The number of hydrogen-bond donors (Lipinski definition) is 1. The van der Waals surface area contributed by atoms with Gasteiger partial charge in [0.1, 0.15) is 6.61 Å². The van der Waals surface area contributed by atoms with Crippen molar-refractivity contribution in [2.75, 3.05) is 32.8 Å². The largest absolute Gasteiger partial charge is 0.447 e. The highest BCUT2D eigenvalue weighted by molar-refractivity contribution is 5.80. The van der Waals surface area contributed by atoms with Gasteiger partial charge in [0.25, 0.3) is 5.56 Å². The summed E-state index contributed by atoms with van der Waals surface area (Å²) in [4.78, 5) is 39.5. The fourth-order valence-corrected chi connectivity index (χ4v) is 3.34. The van der Waals surface area contributed by atoms with E-state index in [0.717, 1.165) is 5.39 Å². The lowest BCUT2D eigenvalue weighted by atomic mass is 10.2. The molecule has 2 aliphatic rings. The molecule has 1 N–H and O–H groups in total. The smallest absolute Gasteiger partial charge is 0.410 e. The second-order valence-corrected chi connectivity index (χ2v) is 6.36. The number of cyclic esters (lactones) is 1. The molecule has 9 nitrogen and oxygen atoms in total. The van der Waals surface area contributed by atoms with Gasteiger partial charge in [-0.05, 0) is 6.07 Å². The Labute approximate surface area is 149 Å². The lowest BCUT2D eigenvalue weighted by Crippen LogP contribution is -2.56. The lowest BCUT2D eigenvalue weighted by Gasteiger charge is -2.35. The Hall–Kier alpha value is -3.10. The van der Waals surface area contributed by atoms with E-state index >= 15 is 0 Å². The van der Waals surface area contributed by atoms with Crippen molar-refractivity contribution in [2.45, 2.75) is 12.6 Å². The number of aromatic nitrogens is 2. The van der Waals surface area contributed by atoms with E-state index in [2.05, 4.69) is 10.4 Å². The highest BCUT2D eigenvalue weighted by atomic mass is 16.6.